The molecule has 3 rings (SSSR count). The molecule has 126 valence electrons. The molecule has 0 spiro atoms. The number of carbonyl (C=O) groups excluding carboxylic acids is 1. The fourth-order valence-corrected chi connectivity index (χ4v) is 4.69. The van der Waals surface area contributed by atoms with E-state index in [-0.39, 0.29) is 6.03 Å². The molecular weight excluding hydrogens is 286 g/mol. The van der Waals surface area contributed by atoms with Crippen molar-refractivity contribution in [3.8, 4) is 0 Å². The Morgan fingerprint density at radius 3 is 2.43 bits per heavy atom. The number of amides is 2. The molecule has 2 aliphatic heterocycles. The van der Waals surface area contributed by atoms with Gasteiger partial charge in [0, 0.05) is 24.6 Å². The fourth-order valence-electron chi connectivity index (χ4n) is 4.69. The maximum Gasteiger partial charge on any atom is 0.319 e. The molecule has 1 aromatic carbocycles. The highest BCUT2D eigenvalue weighted by atomic mass is 16.2. The van der Waals surface area contributed by atoms with Crippen LogP contribution in [0.2, 0.25) is 0 Å². The SMILES string of the molecule is Cc1ccccc1NC(=O)NC1C[C@H]2CCC[C@@H](C1)[NH+]2C(C)C. The van der Waals surface area contributed by atoms with Gasteiger partial charge in [0.25, 0.3) is 0 Å². The van der Waals surface area contributed by atoms with Crippen LogP contribution in [0.1, 0.15) is 51.5 Å². The van der Waals surface area contributed by atoms with E-state index in [2.05, 4.69) is 24.5 Å². The average Bonchev–Trinajstić information content (AvgIpc) is 2.48. The third kappa shape index (κ3) is 3.69. The number of hydrogen-bond acceptors (Lipinski definition) is 1. The Kier molecular flexibility index (Phi) is 4.90. The van der Waals surface area contributed by atoms with E-state index in [0.717, 1.165) is 24.1 Å². The van der Waals surface area contributed by atoms with Gasteiger partial charge >= 0.3 is 6.03 Å². The number of rotatable bonds is 3. The van der Waals surface area contributed by atoms with Gasteiger partial charge in [-0.15, -0.1) is 0 Å². The molecular formula is C19H30N3O+. The van der Waals surface area contributed by atoms with Gasteiger partial charge in [-0.25, -0.2) is 4.79 Å². The number of anilines is 1. The van der Waals surface area contributed by atoms with Crippen LogP contribution in [0, 0.1) is 6.92 Å². The van der Waals surface area contributed by atoms with E-state index in [1.807, 2.05) is 31.2 Å². The van der Waals surface area contributed by atoms with Crippen molar-refractivity contribution >= 4 is 11.7 Å². The van der Waals surface area contributed by atoms with Gasteiger partial charge in [-0.3, -0.25) is 0 Å². The van der Waals surface area contributed by atoms with Gasteiger partial charge in [0.05, 0.1) is 18.1 Å². The summed E-state index contributed by atoms with van der Waals surface area (Å²) in [6.07, 6.45) is 6.20. The molecule has 1 aromatic rings. The molecule has 23 heavy (non-hydrogen) atoms. The number of carbonyl (C=O) groups is 1. The molecule has 0 aromatic heterocycles. The zero-order chi connectivity index (χ0) is 16.4. The summed E-state index contributed by atoms with van der Waals surface area (Å²) in [6.45, 7) is 6.68. The van der Waals surface area contributed by atoms with Crippen LogP contribution in [0.3, 0.4) is 0 Å². The van der Waals surface area contributed by atoms with Crippen molar-refractivity contribution in [3.63, 3.8) is 0 Å². The first kappa shape index (κ1) is 16.3. The molecule has 0 saturated carbocycles. The predicted octanol–water partition coefficient (Wildman–Crippen LogP) is 2.49. The molecule has 4 heteroatoms. The standard InChI is InChI=1S/C19H29N3O/c1-13(2)22-16-8-6-9-17(22)12-15(11-16)20-19(23)21-18-10-5-4-7-14(18)3/h4-5,7,10,13,15-17H,6,8-9,11-12H2,1-3H3,(H2,20,21,23)/p+1/t15?,16-,17+. The lowest BCUT2D eigenvalue weighted by atomic mass is 9.81. The molecule has 0 aliphatic carbocycles. The molecule has 2 bridgehead atoms. The number of hydrogen-bond donors (Lipinski definition) is 3. The first-order valence-electron chi connectivity index (χ1n) is 9.04. The van der Waals surface area contributed by atoms with Crippen molar-refractivity contribution in [2.24, 2.45) is 0 Å². The third-order valence-corrected chi connectivity index (χ3v) is 5.58. The van der Waals surface area contributed by atoms with Crippen molar-refractivity contribution in [3.05, 3.63) is 29.8 Å². The fraction of sp³-hybridized carbons (Fsp3) is 0.632. The van der Waals surface area contributed by atoms with Crippen molar-refractivity contribution in [2.75, 3.05) is 5.32 Å². The van der Waals surface area contributed by atoms with Gasteiger partial charge in [0.2, 0.25) is 0 Å². The van der Waals surface area contributed by atoms with Gasteiger partial charge in [-0.2, -0.15) is 0 Å². The largest absolute Gasteiger partial charge is 0.335 e. The van der Waals surface area contributed by atoms with Gasteiger partial charge in [0.1, 0.15) is 0 Å². The van der Waals surface area contributed by atoms with E-state index in [1.54, 1.807) is 4.90 Å². The highest BCUT2D eigenvalue weighted by molar-refractivity contribution is 5.90. The number of urea groups is 1. The van der Waals surface area contributed by atoms with Crippen LogP contribution in [0.25, 0.3) is 0 Å². The van der Waals surface area contributed by atoms with Crippen molar-refractivity contribution in [1.82, 2.24) is 5.32 Å². The number of fused-ring (bicyclic) bond motifs is 2. The molecule has 2 unspecified atom stereocenters. The smallest absolute Gasteiger partial charge is 0.319 e. The zero-order valence-corrected chi connectivity index (χ0v) is 14.6. The number of para-hydroxylation sites is 1. The first-order chi connectivity index (χ1) is 11.0. The summed E-state index contributed by atoms with van der Waals surface area (Å²) in [7, 11) is 0. The molecule has 2 aliphatic rings. The molecule has 2 heterocycles. The van der Waals surface area contributed by atoms with Gasteiger partial charge in [-0.05, 0) is 51.7 Å². The van der Waals surface area contributed by atoms with Crippen LogP contribution in [-0.4, -0.2) is 30.2 Å². The van der Waals surface area contributed by atoms with E-state index >= 15 is 0 Å². The number of benzene rings is 1. The Hall–Kier alpha value is -1.55. The second-order valence-electron chi connectivity index (χ2n) is 7.56. The highest BCUT2D eigenvalue weighted by Gasteiger charge is 2.43. The number of quaternary nitrogens is 1. The Morgan fingerprint density at radius 1 is 1.17 bits per heavy atom. The second-order valence-corrected chi connectivity index (χ2v) is 7.56. The minimum absolute atomic E-state index is 0.0598. The van der Waals surface area contributed by atoms with Crippen molar-refractivity contribution < 1.29 is 9.69 Å². The summed E-state index contributed by atoms with van der Waals surface area (Å²) in [5.41, 5.74) is 1.99. The van der Waals surface area contributed by atoms with Gasteiger partial charge < -0.3 is 15.5 Å². The predicted molar refractivity (Wildman–Crippen MR) is 93.9 cm³/mol. The summed E-state index contributed by atoms with van der Waals surface area (Å²) in [6, 6.07) is 10.3. The van der Waals surface area contributed by atoms with Gasteiger partial charge in [0.15, 0.2) is 0 Å². The van der Waals surface area contributed by atoms with E-state index in [0.29, 0.717) is 24.2 Å². The summed E-state index contributed by atoms with van der Waals surface area (Å²) < 4.78 is 0. The molecule has 2 amide bonds. The lowest BCUT2D eigenvalue weighted by molar-refractivity contribution is -0.980. The van der Waals surface area contributed by atoms with Crippen LogP contribution < -0.4 is 15.5 Å². The topological polar surface area (TPSA) is 45.6 Å². The van der Waals surface area contributed by atoms with Crippen LogP contribution in [-0.2, 0) is 0 Å². The van der Waals surface area contributed by atoms with Crippen molar-refractivity contribution in [2.45, 2.75) is 77.0 Å². The number of aryl methyl sites for hydroxylation is 1. The maximum atomic E-state index is 12.3. The second kappa shape index (κ2) is 6.91. The van der Waals surface area contributed by atoms with E-state index in [4.69, 9.17) is 0 Å². The summed E-state index contributed by atoms with van der Waals surface area (Å²) in [4.78, 5) is 14.1. The Morgan fingerprint density at radius 2 is 1.83 bits per heavy atom. The normalized spacial score (nSPS) is 30.1. The lowest BCUT2D eigenvalue weighted by Gasteiger charge is -2.47. The molecule has 4 atom stereocenters. The van der Waals surface area contributed by atoms with Crippen LogP contribution in [0.4, 0.5) is 10.5 Å². The van der Waals surface area contributed by atoms with Crippen LogP contribution in [0.15, 0.2) is 24.3 Å². The van der Waals surface area contributed by atoms with Crippen molar-refractivity contribution in [1.29, 1.82) is 0 Å². The van der Waals surface area contributed by atoms with Crippen LogP contribution >= 0.6 is 0 Å². The van der Waals surface area contributed by atoms with Crippen LogP contribution in [0.5, 0.6) is 0 Å². The Labute approximate surface area is 139 Å². The third-order valence-electron chi connectivity index (χ3n) is 5.58. The quantitative estimate of drug-likeness (QED) is 0.788. The molecule has 2 saturated heterocycles. The molecule has 4 nitrogen and oxygen atoms in total. The zero-order valence-electron chi connectivity index (χ0n) is 14.6. The molecule has 3 N–H and O–H groups in total. The van der Waals surface area contributed by atoms with E-state index < -0.39 is 0 Å². The van der Waals surface area contributed by atoms with E-state index in [9.17, 15) is 4.79 Å². The summed E-state index contributed by atoms with van der Waals surface area (Å²) in [5.74, 6) is 0. The lowest BCUT2D eigenvalue weighted by Crippen LogP contribution is -3.23. The number of piperidine rings is 2. The van der Waals surface area contributed by atoms with E-state index in [1.165, 1.54) is 19.3 Å². The molecule has 0 radical (unpaired) electrons. The minimum atomic E-state index is -0.0598. The first-order valence-corrected chi connectivity index (χ1v) is 9.04. The Balaban J connectivity index is 1.59. The highest BCUT2D eigenvalue weighted by Crippen LogP contribution is 2.23. The monoisotopic (exact) mass is 316 g/mol. The Bertz CT molecular complexity index is 543. The van der Waals surface area contributed by atoms with Gasteiger partial charge in [-0.1, -0.05) is 18.2 Å². The number of nitrogens with one attached hydrogen (secondary N) is 3. The minimum Gasteiger partial charge on any atom is -0.335 e. The maximum absolute atomic E-state index is 12.3. The average molecular weight is 316 g/mol. The summed E-state index contributed by atoms with van der Waals surface area (Å²) >= 11 is 0. The molecule has 2 fully saturated rings. The summed E-state index contributed by atoms with van der Waals surface area (Å²) in [5, 5.41) is 6.22.